The second-order valence-corrected chi connectivity index (χ2v) is 2.86. The van der Waals surface area contributed by atoms with Gasteiger partial charge in [0.25, 0.3) is 0 Å². The summed E-state index contributed by atoms with van der Waals surface area (Å²) in [5.41, 5.74) is 2.34. The SMILES string of the molecule is C/C=C(/C)c1ccccc1Cl. The maximum absolute atomic E-state index is 5.96. The van der Waals surface area contributed by atoms with E-state index in [1.54, 1.807) is 0 Å². The number of allylic oxidation sites excluding steroid dienone is 2. The van der Waals surface area contributed by atoms with Crippen molar-refractivity contribution in [1.82, 2.24) is 0 Å². The molecule has 58 valence electrons. The first-order chi connectivity index (χ1) is 5.25. The molecule has 0 aliphatic rings. The van der Waals surface area contributed by atoms with E-state index >= 15 is 0 Å². The molecule has 0 aliphatic heterocycles. The molecule has 0 atom stereocenters. The van der Waals surface area contributed by atoms with Crippen LogP contribution in [0.4, 0.5) is 0 Å². The van der Waals surface area contributed by atoms with Crippen LogP contribution in [0, 0.1) is 0 Å². The molecule has 1 rings (SSSR count). The van der Waals surface area contributed by atoms with Crippen molar-refractivity contribution in [2.45, 2.75) is 13.8 Å². The molecule has 0 radical (unpaired) electrons. The zero-order valence-electron chi connectivity index (χ0n) is 6.76. The number of halogens is 1. The normalized spacial score (nSPS) is 11.7. The van der Waals surface area contributed by atoms with Gasteiger partial charge >= 0.3 is 0 Å². The highest BCUT2D eigenvalue weighted by Gasteiger charge is 1.97. The van der Waals surface area contributed by atoms with Crippen molar-refractivity contribution in [2.24, 2.45) is 0 Å². The Morgan fingerprint density at radius 2 is 2.00 bits per heavy atom. The number of hydrogen-bond acceptors (Lipinski definition) is 0. The molecule has 0 saturated heterocycles. The molecule has 1 heteroatoms. The third-order valence-electron chi connectivity index (χ3n) is 1.73. The van der Waals surface area contributed by atoms with E-state index in [-0.39, 0.29) is 0 Å². The van der Waals surface area contributed by atoms with Crippen LogP contribution in [0.5, 0.6) is 0 Å². The van der Waals surface area contributed by atoms with Gasteiger partial charge < -0.3 is 0 Å². The predicted molar refractivity (Wildman–Crippen MR) is 50.8 cm³/mol. The molecule has 0 bridgehead atoms. The number of rotatable bonds is 1. The fourth-order valence-corrected chi connectivity index (χ4v) is 1.22. The third kappa shape index (κ3) is 1.84. The highest BCUT2D eigenvalue weighted by atomic mass is 35.5. The highest BCUT2D eigenvalue weighted by molar-refractivity contribution is 6.32. The third-order valence-corrected chi connectivity index (χ3v) is 2.06. The standard InChI is InChI=1S/C10H11Cl/c1-3-8(2)9-6-4-5-7-10(9)11/h3-7H,1-2H3/b8-3-. The zero-order valence-corrected chi connectivity index (χ0v) is 7.52. The Hall–Kier alpha value is -0.750. The van der Waals surface area contributed by atoms with Crippen LogP contribution in [0.2, 0.25) is 5.02 Å². The molecule has 0 nitrogen and oxygen atoms in total. The number of hydrogen-bond donors (Lipinski definition) is 0. The molecular weight excluding hydrogens is 156 g/mol. The smallest absolute Gasteiger partial charge is 0.0480 e. The maximum atomic E-state index is 5.96. The first-order valence-electron chi connectivity index (χ1n) is 3.63. The second-order valence-electron chi connectivity index (χ2n) is 2.45. The van der Waals surface area contributed by atoms with Gasteiger partial charge in [0.2, 0.25) is 0 Å². The van der Waals surface area contributed by atoms with Gasteiger partial charge in [-0.25, -0.2) is 0 Å². The Labute approximate surface area is 72.5 Å². The fourth-order valence-electron chi connectivity index (χ4n) is 0.937. The molecule has 0 unspecified atom stereocenters. The van der Waals surface area contributed by atoms with Gasteiger partial charge in [-0.1, -0.05) is 35.9 Å². The lowest BCUT2D eigenvalue weighted by molar-refractivity contribution is 1.54. The van der Waals surface area contributed by atoms with E-state index in [1.807, 2.05) is 31.2 Å². The Morgan fingerprint density at radius 3 is 2.55 bits per heavy atom. The van der Waals surface area contributed by atoms with Gasteiger partial charge in [0.1, 0.15) is 0 Å². The molecular formula is C10H11Cl. The highest BCUT2D eigenvalue weighted by Crippen LogP contribution is 2.22. The van der Waals surface area contributed by atoms with Crippen LogP contribution in [-0.4, -0.2) is 0 Å². The van der Waals surface area contributed by atoms with Crippen molar-refractivity contribution in [3.63, 3.8) is 0 Å². The fraction of sp³-hybridized carbons (Fsp3) is 0.200. The van der Waals surface area contributed by atoms with Gasteiger partial charge in [-0.05, 0) is 31.1 Å². The first kappa shape index (κ1) is 8.35. The average Bonchev–Trinajstić information content (AvgIpc) is 2.04. The van der Waals surface area contributed by atoms with Crippen LogP contribution in [0.25, 0.3) is 5.57 Å². The summed E-state index contributed by atoms with van der Waals surface area (Å²) in [5.74, 6) is 0. The van der Waals surface area contributed by atoms with E-state index in [2.05, 4.69) is 13.0 Å². The van der Waals surface area contributed by atoms with Gasteiger partial charge in [-0.2, -0.15) is 0 Å². The number of benzene rings is 1. The summed E-state index contributed by atoms with van der Waals surface area (Å²) in [5, 5.41) is 0.822. The van der Waals surface area contributed by atoms with Gasteiger partial charge in [-0.15, -0.1) is 0 Å². The summed E-state index contributed by atoms with van der Waals surface area (Å²) in [6.45, 7) is 4.07. The second kappa shape index (κ2) is 3.59. The quantitative estimate of drug-likeness (QED) is 0.596. The van der Waals surface area contributed by atoms with Crippen molar-refractivity contribution >= 4 is 17.2 Å². The van der Waals surface area contributed by atoms with Crippen LogP contribution in [-0.2, 0) is 0 Å². The molecule has 0 N–H and O–H groups in total. The monoisotopic (exact) mass is 166 g/mol. The minimum Gasteiger partial charge on any atom is -0.0841 e. The first-order valence-corrected chi connectivity index (χ1v) is 4.01. The Balaban J connectivity index is 3.14. The molecule has 1 aromatic carbocycles. The maximum Gasteiger partial charge on any atom is 0.0480 e. The zero-order chi connectivity index (χ0) is 8.27. The lowest BCUT2D eigenvalue weighted by atomic mass is 10.1. The molecule has 0 aliphatic carbocycles. The van der Waals surface area contributed by atoms with Gasteiger partial charge in [0, 0.05) is 5.02 Å². The van der Waals surface area contributed by atoms with Crippen molar-refractivity contribution in [1.29, 1.82) is 0 Å². The van der Waals surface area contributed by atoms with Crippen LogP contribution in [0.3, 0.4) is 0 Å². The Kier molecular flexibility index (Phi) is 2.72. The van der Waals surface area contributed by atoms with Crippen LogP contribution in [0.1, 0.15) is 19.4 Å². The molecule has 0 heterocycles. The summed E-state index contributed by atoms with van der Waals surface area (Å²) in [6, 6.07) is 7.87. The van der Waals surface area contributed by atoms with Crippen LogP contribution < -0.4 is 0 Å². The molecule has 0 fully saturated rings. The molecule has 0 spiro atoms. The summed E-state index contributed by atoms with van der Waals surface area (Å²) in [7, 11) is 0. The van der Waals surface area contributed by atoms with Crippen LogP contribution >= 0.6 is 11.6 Å². The van der Waals surface area contributed by atoms with E-state index < -0.39 is 0 Å². The summed E-state index contributed by atoms with van der Waals surface area (Å²) in [4.78, 5) is 0. The average molecular weight is 167 g/mol. The largest absolute Gasteiger partial charge is 0.0841 e. The summed E-state index contributed by atoms with van der Waals surface area (Å²) in [6.07, 6.45) is 2.06. The van der Waals surface area contributed by atoms with Crippen molar-refractivity contribution in [3.8, 4) is 0 Å². The summed E-state index contributed by atoms with van der Waals surface area (Å²) >= 11 is 5.96. The topological polar surface area (TPSA) is 0 Å². The Bertz CT molecular complexity index is 274. The van der Waals surface area contributed by atoms with E-state index in [4.69, 9.17) is 11.6 Å². The minimum atomic E-state index is 0.822. The molecule has 0 amide bonds. The van der Waals surface area contributed by atoms with E-state index in [9.17, 15) is 0 Å². The van der Waals surface area contributed by atoms with Crippen molar-refractivity contribution in [2.75, 3.05) is 0 Å². The van der Waals surface area contributed by atoms with Gasteiger partial charge in [0.15, 0.2) is 0 Å². The summed E-state index contributed by atoms with van der Waals surface area (Å²) < 4.78 is 0. The molecule has 1 aromatic rings. The van der Waals surface area contributed by atoms with Gasteiger partial charge in [-0.3, -0.25) is 0 Å². The molecule has 0 aromatic heterocycles. The Morgan fingerprint density at radius 1 is 1.36 bits per heavy atom. The van der Waals surface area contributed by atoms with Crippen LogP contribution in [0.15, 0.2) is 30.3 Å². The van der Waals surface area contributed by atoms with E-state index in [0.717, 1.165) is 10.6 Å². The lowest BCUT2D eigenvalue weighted by Gasteiger charge is -2.01. The lowest BCUT2D eigenvalue weighted by Crippen LogP contribution is -1.79. The van der Waals surface area contributed by atoms with E-state index in [1.165, 1.54) is 5.57 Å². The van der Waals surface area contributed by atoms with Crippen molar-refractivity contribution < 1.29 is 0 Å². The minimum absolute atomic E-state index is 0.822. The predicted octanol–water partition coefficient (Wildman–Crippen LogP) is 3.76. The van der Waals surface area contributed by atoms with Crippen molar-refractivity contribution in [3.05, 3.63) is 40.9 Å². The van der Waals surface area contributed by atoms with Gasteiger partial charge in [0.05, 0.1) is 0 Å². The molecule has 0 saturated carbocycles. The van der Waals surface area contributed by atoms with E-state index in [0.29, 0.717) is 0 Å². The molecule has 11 heavy (non-hydrogen) atoms.